The number of carbonyl (C=O) groups is 1. The third kappa shape index (κ3) is 5.30. The molecule has 14 heteroatoms. The van der Waals surface area contributed by atoms with Crippen LogP contribution in [-0.2, 0) is 4.74 Å². The van der Waals surface area contributed by atoms with E-state index in [9.17, 15) is 18.7 Å². The highest BCUT2D eigenvalue weighted by molar-refractivity contribution is 6.03. The quantitative estimate of drug-likeness (QED) is 0.268. The van der Waals surface area contributed by atoms with Crippen LogP contribution in [0.1, 0.15) is 37.7 Å². The van der Waals surface area contributed by atoms with Gasteiger partial charge in [0.1, 0.15) is 48.0 Å². The van der Waals surface area contributed by atoms with Gasteiger partial charge in [0.25, 0.3) is 0 Å². The zero-order valence-corrected chi connectivity index (χ0v) is 27.1. The number of rotatable bonds is 7. The number of pyridine rings is 1. The number of benzene rings is 2. The molecule has 1 amide bonds. The molecule has 6 heterocycles. The summed E-state index contributed by atoms with van der Waals surface area (Å²) in [6.45, 7) is 1.57. The average Bonchev–Trinajstić information content (AvgIpc) is 3.72. The van der Waals surface area contributed by atoms with E-state index in [0.717, 1.165) is 32.2 Å². The number of phenolic OH excluding ortho intramolecular Hbond substituents is 1. The molecule has 2 aromatic heterocycles. The molecule has 4 aliphatic heterocycles. The van der Waals surface area contributed by atoms with Gasteiger partial charge in [-0.2, -0.15) is 9.97 Å². The maximum absolute atomic E-state index is 16.9. The first-order chi connectivity index (χ1) is 24.2. The summed E-state index contributed by atoms with van der Waals surface area (Å²) < 4.78 is 57.8. The lowest BCUT2D eigenvalue weighted by Gasteiger charge is -2.41. The van der Waals surface area contributed by atoms with Crippen molar-refractivity contribution in [2.24, 2.45) is 0 Å². The van der Waals surface area contributed by atoms with Crippen LogP contribution in [0.2, 0.25) is 0 Å². The molecule has 2 bridgehead atoms. The standard InChI is InChI=1S/C36H35F3N6O5/c1-2-25-28(38)7-4-20-12-24(47)13-26(29(20)25)31-30(39)32-27(15-40-31)33(43-17-22-5-6-23(18-43)45(22)35(48)49-11-10-46)42-34(41-32)50-19-36-8-3-9-44(36)16-21(37)14-36/h1,4,7,12-13,15,21-23,46-47H,3,5-6,8-11,14,16-19H2/t21-,22?,23?,36+/m1/s1. The predicted molar refractivity (Wildman–Crippen MR) is 178 cm³/mol. The van der Waals surface area contributed by atoms with Gasteiger partial charge in [-0.15, -0.1) is 6.42 Å². The maximum Gasteiger partial charge on any atom is 0.410 e. The number of hydrogen-bond acceptors (Lipinski definition) is 10. The van der Waals surface area contributed by atoms with E-state index >= 15 is 4.39 Å². The number of aromatic hydroxyl groups is 1. The fourth-order valence-corrected chi connectivity index (χ4v) is 8.50. The van der Waals surface area contributed by atoms with Crippen molar-refractivity contribution in [1.82, 2.24) is 24.8 Å². The van der Waals surface area contributed by atoms with Crippen LogP contribution in [0.25, 0.3) is 32.9 Å². The molecule has 8 rings (SSSR count). The van der Waals surface area contributed by atoms with Gasteiger partial charge in [-0.3, -0.25) is 14.8 Å². The van der Waals surface area contributed by atoms with E-state index < -0.39 is 29.4 Å². The Morgan fingerprint density at radius 2 is 1.94 bits per heavy atom. The van der Waals surface area contributed by atoms with Gasteiger partial charge in [0.05, 0.1) is 35.2 Å². The first-order valence-corrected chi connectivity index (χ1v) is 16.8. The number of terminal acetylenes is 1. The van der Waals surface area contributed by atoms with Gasteiger partial charge in [-0.1, -0.05) is 12.0 Å². The second kappa shape index (κ2) is 12.5. The van der Waals surface area contributed by atoms with Gasteiger partial charge in [-0.25, -0.2) is 18.0 Å². The van der Waals surface area contributed by atoms with Crippen LogP contribution in [0.5, 0.6) is 11.8 Å². The van der Waals surface area contributed by atoms with E-state index in [2.05, 4.69) is 20.8 Å². The molecule has 260 valence electrons. The van der Waals surface area contributed by atoms with Gasteiger partial charge in [-0.05, 0) is 55.8 Å². The number of anilines is 1. The Morgan fingerprint density at radius 1 is 1.14 bits per heavy atom. The average molecular weight is 689 g/mol. The number of phenols is 1. The summed E-state index contributed by atoms with van der Waals surface area (Å²) in [5, 5.41) is 20.6. The van der Waals surface area contributed by atoms with Crippen molar-refractivity contribution < 1.29 is 37.7 Å². The minimum Gasteiger partial charge on any atom is -0.508 e. The summed E-state index contributed by atoms with van der Waals surface area (Å²) >= 11 is 0. The van der Waals surface area contributed by atoms with E-state index in [0.29, 0.717) is 37.3 Å². The van der Waals surface area contributed by atoms with E-state index in [1.807, 2.05) is 4.90 Å². The normalized spacial score (nSPS) is 24.6. The van der Waals surface area contributed by atoms with E-state index in [1.165, 1.54) is 30.5 Å². The lowest BCUT2D eigenvalue weighted by molar-refractivity contribution is 0.0649. The lowest BCUT2D eigenvalue weighted by atomic mass is 9.95. The van der Waals surface area contributed by atoms with Crippen LogP contribution in [0, 0.1) is 24.0 Å². The van der Waals surface area contributed by atoms with E-state index in [1.54, 1.807) is 4.90 Å². The number of aliphatic hydroxyl groups excluding tert-OH is 1. The molecule has 0 aliphatic carbocycles. The van der Waals surface area contributed by atoms with Crippen molar-refractivity contribution in [1.29, 1.82) is 0 Å². The third-order valence-corrected chi connectivity index (χ3v) is 10.6. The summed E-state index contributed by atoms with van der Waals surface area (Å²) in [6.07, 6.45) is 9.09. The number of ether oxygens (including phenoxy) is 2. The van der Waals surface area contributed by atoms with Crippen molar-refractivity contribution in [3.05, 3.63) is 47.7 Å². The number of aromatic nitrogens is 3. The maximum atomic E-state index is 16.9. The number of alkyl halides is 1. The number of halogens is 3. The Morgan fingerprint density at radius 3 is 2.70 bits per heavy atom. The first kappa shape index (κ1) is 32.3. The number of carbonyl (C=O) groups excluding carboxylic acids is 1. The monoisotopic (exact) mass is 688 g/mol. The molecule has 0 spiro atoms. The Kier molecular flexibility index (Phi) is 8.07. The molecule has 2 aromatic carbocycles. The highest BCUT2D eigenvalue weighted by Gasteiger charge is 2.49. The third-order valence-electron chi connectivity index (χ3n) is 10.6. The van der Waals surface area contributed by atoms with Crippen molar-refractivity contribution in [2.45, 2.75) is 55.9 Å². The van der Waals surface area contributed by atoms with Gasteiger partial charge >= 0.3 is 12.1 Å². The van der Waals surface area contributed by atoms with Crippen molar-refractivity contribution in [3.63, 3.8) is 0 Å². The molecule has 2 unspecified atom stereocenters. The lowest BCUT2D eigenvalue weighted by Crippen LogP contribution is -2.56. The Hall–Kier alpha value is -4.87. The molecular formula is C36H35F3N6O5. The van der Waals surface area contributed by atoms with E-state index in [4.69, 9.17) is 26.0 Å². The number of amides is 1. The summed E-state index contributed by atoms with van der Waals surface area (Å²) in [6, 6.07) is 4.81. The second-order valence-electron chi connectivity index (χ2n) is 13.6. The molecule has 4 atom stereocenters. The predicted octanol–water partition coefficient (Wildman–Crippen LogP) is 4.55. The molecule has 11 nitrogen and oxygen atoms in total. The molecular weight excluding hydrogens is 653 g/mol. The topological polar surface area (TPSA) is 124 Å². The molecule has 4 fully saturated rings. The largest absolute Gasteiger partial charge is 0.508 e. The number of piperazine rings is 1. The molecule has 4 aromatic rings. The van der Waals surface area contributed by atoms with Crippen LogP contribution in [0.3, 0.4) is 0 Å². The minimum absolute atomic E-state index is 0.0861. The van der Waals surface area contributed by atoms with Crippen LogP contribution in [-0.4, -0.2) is 111 Å². The van der Waals surface area contributed by atoms with Gasteiger partial charge in [0.15, 0.2) is 5.82 Å². The van der Waals surface area contributed by atoms with Gasteiger partial charge < -0.3 is 24.6 Å². The van der Waals surface area contributed by atoms with Crippen LogP contribution >= 0.6 is 0 Å². The van der Waals surface area contributed by atoms with Gasteiger partial charge in [0.2, 0.25) is 0 Å². The zero-order valence-electron chi connectivity index (χ0n) is 27.1. The molecule has 4 saturated heterocycles. The van der Waals surface area contributed by atoms with Crippen LogP contribution < -0.4 is 9.64 Å². The summed E-state index contributed by atoms with van der Waals surface area (Å²) in [5.74, 6) is 0.986. The Labute approximate surface area is 285 Å². The second-order valence-corrected chi connectivity index (χ2v) is 13.6. The highest BCUT2D eigenvalue weighted by Crippen LogP contribution is 2.42. The SMILES string of the molecule is C#Cc1c(F)ccc2cc(O)cc(-c3ncc4c(N5CC6CCC(C5)N6C(=O)OCCO)nc(OC[C@@]56CCCN5C[C@H](F)C6)nc4c3F)c12. The number of aliphatic hydroxyl groups is 1. The van der Waals surface area contributed by atoms with Crippen molar-refractivity contribution in [3.8, 4) is 35.4 Å². The molecule has 0 radical (unpaired) electrons. The minimum atomic E-state index is -0.969. The first-order valence-electron chi connectivity index (χ1n) is 16.8. The van der Waals surface area contributed by atoms with Crippen molar-refractivity contribution >= 4 is 33.6 Å². The van der Waals surface area contributed by atoms with E-state index in [-0.39, 0.29) is 76.8 Å². The summed E-state index contributed by atoms with van der Waals surface area (Å²) in [5.41, 5.74) is -0.833. The number of fused-ring (bicyclic) bond motifs is 5. The fourth-order valence-electron chi connectivity index (χ4n) is 8.50. The fraction of sp³-hybridized carbons (Fsp3) is 0.444. The van der Waals surface area contributed by atoms with Crippen LogP contribution in [0.4, 0.5) is 23.8 Å². The smallest absolute Gasteiger partial charge is 0.410 e. The number of hydrogen-bond donors (Lipinski definition) is 2. The zero-order chi connectivity index (χ0) is 34.7. The Balaban J connectivity index is 1.23. The number of nitrogens with zero attached hydrogens (tertiary/aromatic N) is 6. The molecule has 0 saturated carbocycles. The highest BCUT2D eigenvalue weighted by atomic mass is 19.1. The summed E-state index contributed by atoms with van der Waals surface area (Å²) in [7, 11) is 0. The van der Waals surface area contributed by atoms with Crippen molar-refractivity contribution in [2.75, 3.05) is 50.9 Å². The molecule has 4 aliphatic rings. The van der Waals surface area contributed by atoms with Crippen LogP contribution in [0.15, 0.2) is 30.5 Å². The van der Waals surface area contributed by atoms with Gasteiger partial charge in [0, 0.05) is 43.2 Å². The molecule has 50 heavy (non-hydrogen) atoms. The molecule has 2 N–H and O–H groups in total. The summed E-state index contributed by atoms with van der Waals surface area (Å²) in [4.78, 5) is 32.4. The Bertz CT molecular complexity index is 2050.